The lowest BCUT2D eigenvalue weighted by atomic mass is 9.95. The van der Waals surface area contributed by atoms with Crippen LogP contribution in [0.5, 0.6) is 0 Å². The molecule has 0 aliphatic heterocycles. The molecule has 0 spiro atoms. The minimum Gasteiger partial charge on any atom is -0.396 e. The lowest BCUT2D eigenvalue weighted by Crippen LogP contribution is -2.23. The van der Waals surface area contributed by atoms with Gasteiger partial charge in [0.15, 0.2) is 0 Å². The largest absolute Gasteiger partial charge is 0.396 e. The molecule has 3 heteroatoms. The standard InChI is InChI=1S/C12H21NO2/c13-10-12(15-9-5-8-14)11-6-3-1-2-4-7-11/h11-12,14H,1-9H2. The Morgan fingerprint density at radius 1 is 1.27 bits per heavy atom. The summed E-state index contributed by atoms with van der Waals surface area (Å²) >= 11 is 0. The zero-order valence-corrected chi connectivity index (χ0v) is 9.32. The van der Waals surface area contributed by atoms with Crippen molar-refractivity contribution < 1.29 is 9.84 Å². The van der Waals surface area contributed by atoms with Crippen molar-refractivity contribution in [2.45, 2.75) is 51.0 Å². The predicted molar refractivity (Wildman–Crippen MR) is 58.2 cm³/mol. The minimum atomic E-state index is -0.255. The second-order valence-corrected chi connectivity index (χ2v) is 4.25. The first-order chi connectivity index (χ1) is 7.38. The average Bonchev–Trinajstić information content (AvgIpc) is 2.53. The third-order valence-corrected chi connectivity index (χ3v) is 3.06. The number of ether oxygens (including phenoxy) is 1. The van der Waals surface area contributed by atoms with Crippen molar-refractivity contribution >= 4 is 0 Å². The Bertz CT molecular complexity index is 192. The molecule has 1 aliphatic rings. The Hall–Kier alpha value is -0.590. The fraction of sp³-hybridized carbons (Fsp3) is 0.917. The summed E-state index contributed by atoms with van der Waals surface area (Å²) in [6, 6.07) is 2.25. The van der Waals surface area contributed by atoms with E-state index in [2.05, 4.69) is 6.07 Å². The number of aliphatic hydroxyl groups excluding tert-OH is 1. The van der Waals surface area contributed by atoms with Crippen LogP contribution in [0.1, 0.15) is 44.9 Å². The number of hydrogen-bond donors (Lipinski definition) is 1. The predicted octanol–water partition coefficient (Wildman–Crippen LogP) is 2.25. The van der Waals surface area contributed by atoms with Crippen molar-refractivity contribution in [3.05, 3.63) is 0 Å². The van der Waals surface area contributed by atoms with Crippen LogP contribution in [0.25, 0.3) is 0 Å². The van der Waals surface area contributed by atoms with Gasteiger partial charge in [0.25, 0.3) is 0 Å². The zero-order valence-electron chi connectivity index (χ0n) is 9.32. The topological polar surface area (TPSA) is 53.2 Å². The highest BCUT2D eigenvalue weighted by molar-refractivity contribution is 4.90. The van der Waals surface area contributed by atoms with E-state index in [-0.39, 0.29) is 12.7 Å². The van der Waals surface area contributed by atoms with Crippen LogP contribution in [0.3, 0.4) is 0 Å². The van der Waals surface area contributed by atoms with Crippen molar-refractivity contribution in [1.29, 1.82) is 5.26 Å². The minimum absolute atomic E-state index is 0.142. The highest BCUT2D eigenvalue weighted by Gasteiger charge is 2.22. The van der Waals surface area contributed by atoms with E-state index in [1.54, 1.807) is 0 Å². The molecule has 0 heterocycles. The van der Waals surface area contributed by atoms with Gasteiger partial charge in [0.05, 0.1) is 12.7 Å². The maximum atomic E-state index is 9.03. The molecule has 1 aliphatic carbocycles. The number of nitrogens with zero attached hydrogens (tertiary/aromatic N) is 1. The molecule has 1 saturated carbocycles. The monoisotopic (exact) mass is 211 g/mol. The molecule has 1 N–H and O–H groups in total. The first-order valence-corrected chi connectivity index (χ1v) is 6.00. The van der Waals surface area contributed by atoms with E-state index in [0.29, 0.717) is 18.9 Å². The first kappa shape index (κ1) is 12.5. The summed E-state index contributed by atoms with van der Waals surface area (Å²) in [5, 5.41) is 17.7. The number of hydrogen-bond acceptors (Lipinski definition) is 3. The number of nitriles is 1. The maximum Gasteiger partial charge on any atom is 0.146 e. The molecule has 1 rings (SSSR count). The van der Waals surface area contributed by atoms with Gasteiger partial charge >= 0.3 is 0 Å². The fourth-order valence-corrected chi connectivity index (χ4v) is 2.17. The van der Waals surface area contributed by atoms with E-state index in [0.717, 1.165) is 12.8 Å². The first-order valence-electron chi connectivity index (χ1n) is 6.00. The number of rotatable bonds is 5. The van der Waals surface area contributed by atoms with Crippen LogP contribution in [-0.2, 0) is 4.74 Å². The summed E-state index contributed by atoms with van der Waals surface area (Å²) in [7, 11) is 0. The molecule has 0 radical (unpaired) electrons. The van der Waals surface area contributed by atoms with Gasteiger partial charge in [-0.05, 0) is 25.2 Å². The summed E-state index contributed by atoms with van der Waals surface area (Å²) in [5.74, 6) is 0.413. The molecule has 86 valence electrons. The molecule has 0 saturated heterocycles. The Morgan fingerprint density at radius 2 is 1.93 bits per heavy atom. The molecule has 0 aromatic rings. The third kappa shape index (κ3) is 4.63. The van der Waals surface area contributed by atoms with Crippen LogP contribution in [-0.4, -0.2) is 24.4 Å². The van der Waals surface area contributed by atoms with Gasteiger partial charge in [0.2, 0.25) is 0 Å². The quantitative estimate of drug-likeness (QED) is 0.560. The normalized spacial score (nSPS) is 20.5. The molecule has 3 nitrogen and oxygen atoms in total. The summed E-state index contributed by atoms with van der Waals surface area (Å²) in [5.41, 5.74) is 0. The van der Waals surface area contributed by atoms with Gasteiger partial charge in [-0.25, -0.2) is 0 Å². The van der Waals surface area contributed by atoms with Crippen LogP contribution < -0.4 is 0 Å². The molecule has 0 aromatic carbocycles. The Balaban J connectivity index is 2.31. The summed E-state index contributed by atoms with van der Waals surface area (Å²) in [6.45, 7) is 0.647. The van der Waals surface area contributed by atoms with Gasteiger partial charge in [-0.15, -0.1) is 0 Å². The van der Waals surface area contributed by atoms with Gasteiger partial charge < -0.3 is 9.84 Å². The van der Waals surface area contributed by atoms with E-state index < -0.39 is 0 Å². The summed E-state index contributed by atoms with van der Waals surface area (Å²) in [4.78, 5) is 0. The van der Waals surface area contributed by atoms with Crippen molar-refractivity contribution in [2.24, 2.45) is 5.92 Å². The van der Waals surface area contributed by atoms with Crippen molar-refractivity contribution in [3.63, 3.8) is 0 Å². The molecule has 1 fully saturated rings. The summed E-state index contributed by atoms with van der Waals surface area (Å²) < 4.78 is 5.51. The third-order valence-electron chi connectivity index (χ3n) is 3.06. The van der Waals surface area contributed by atoms with Gasteiger partial charge in [-0.1, -0.05) is 25.7 Å². The highest BCUT2D eigenvalue weighted by atomic mass is 16.5. The molecule has 0 aromatic heterocycles. The molecule has 1 atom stereocenters. The lowest BCUT2D eigenvalue weighted by molar-refractivity contribution is 0.0365. The van der Waals surface area contributed by atoms with Crippen molar-refractivity contribution in [3.8, 4) is 6.07 Å². The smallest absolute Gasteiger partial charge is 0.146 e. The van der Waals surface area contributed by atoms with Crippen LogP contribution in [0.4, 0.5) is 0 Å². The Labute approximate surface area is 92.0 Å². The second kappa shape index (κ2) is 7.67. The molecule has 1 unspecified atom stereocenters. The SMILES string of the molecule is N#CC(OCCCO)C1CCCCCC1. The van der Waals surface area contributed by atoms with Crippen LogP contribution >= 0.6 is 0 Å². The molecular formula is C12H21NO2. The van der Waals surface area contributed by atoms with Crippen LogP contribution in [0, 0.1) is 17.2 Å². The summed E-state index contributed by atoms with van der Waals surface area (Å²) in [6.07, 6.45) is 7.67. The highest BCUT2D eigenvalue weighted by Crippen LogP contribution is 2.26. The van der Waals surface area contributed by atoms with E-state index in [9.17, 15) is 0 Å². The Morgan fingerprint density at radius 3 is 2.47 bits per heavy atom. The van der Waals surface area contributed by atoms with Gasteiger partial charge in [0, 0.05) is 6.61 Å². The molecule has 0 amide bonds. The van der Waals surface area contributed by atoms with E-state index in [1.807, 2.05) is 0 Å². The van der Waals surface area contributed by atoms with E-state index >= 15 is 0 Å². The fourth-order valence-electron chi connectivity index (χ4n) is 2.17. The van der Waals surface area contributed by atoms with Gasteiger partial charge in [-0.2, -0.15) is 5.26 Å². The van der Waals surface area contributed by atoms with Crippen LogP contribution in [0.15, 0.2) is 0 Å². The second-order valence-electron chi connectivity index (χ2n) is 4.25. The molecular weight excluding hydrogens is 190 g/mol. The average molecular weight is 211 g/mol. The lowest BCUT2D eigenvalue weighted by Gasteiger charge is -2.20. The zero-order chi connectivity index (χ0) is 10.9. The van der Waals surface area contributed by atoms with E-state index in [4.69, 9.17) is 15.1 Å². The Kier molecular flexibility index (Phi) is 6.38. The van der Waals surface area contributed by atoms with Crippen LogP contribution in [0.2, 0.25) is 0 Å². The molecule has 15 heavy (non-hydrogen) atoms. The van der Waals surface area contributed by atoms with E-state index in [1.165, 1.54) is 25.7 Å². The maximum absolute atomic E-state index is 9.03. The van der Waals surface area contributed by atoms with Gasteiger partial charge in [-0.3, -0.25) is 0 Å². The molecule has 0 bridgehead atoms. The van der Waals surface area contributed by atoms with Crippen molar-refractivity contribution in [2.75, 3.05) is 13.2 Å². The van der Waals surface area contributed by atoms with Crippen molar-refractivity contribution in [1.82, 2.24) is 0 Å². The number of aliphatic hydroxyl groups is 1. The van der Waals surface area contributed by atoms with Gasteiger partial charge in [0.1, 0.15) is 6.10 Å².